The molecule has 32 heavy (non-hydrogen) atoms. The summed E-state index contributed by atoms with van der Waals surface area (Å²) in [5.41, 5.74) is 5.92. The van der Waals surface area contributed by atoms with Gasteiger partial charge in [0.15, 0.2) is 0 Å². The van der Waals surface area contributed by atoms with Crippen LogP contribution in [0, 0.1) is 0 Å². The zero-order valence-electron chi connectivity index (χ0n) is 17.2. The highest BCUT2D eigenvalue weighted by atomic mass is 16.4. The predicted octanol–water partition coefficient (Wildman–Crippen LogP) is 5.75. The van der Waals surface area contributed by atoms with Gasteiger partial charge in [0, 0.05) is 21.8 Å². The topological polar surface area (TPSA) is 53.6 Å². The van der Waals surface area contributed by atoms with Crippen LogP contribution in [-0.4, -0.2) is 17.2 Å². The molecule has 0 aliphatic carbocycles. The highest BCUT2D eigenvalue weighted by Crippen LogP contribution is 2.41. The van der Waals surface area contributed by atoms with E-state index in [9.17, 15) is 10.0 Å². The van der Waals surface area contributed by atoms with Crippen LogP contribution in [-0.2, 0) is 0 Å². The molecule has 0 saturated heterocycles. The van der Waals surface area contributed by atoms with Crippen molar-refractivity contribution in [1.82, 2.24) is 0 Å². The fraction of sp³-hybridized carbons (Fsp3) is 0. The Morgan fingerprint density at radius 2 is 1.22 bits per heavy atom. The molecule has 5 aromatic carbocycles. The minimum absolute atomic E-state index is 0.372. The fourth-order valence-electron chi connectivity index (χ4n) is 4.66. The van der Waals surface area contributed by atoms with Crippen LogP contribution in [0.1, 0.15) is 0 Å². The lowest BCUT2D eigenvalue weighted by molar-refractivity contribution is 0.425. The Bertz CT molecular complexity index is 1600. The van der Waals surface area contributed by atoms with Gasteiger partial charge in [-0.2, -0.15) is 0 Å². The molecule has 3 nitrogen and oxygen atoms in total. The SMILES string of the molecule is OB(O)c1cc2ccccc2c2c1oc1c(-c3ccccc3-c3ccccc3)cccc12. The first-order valence-corrected chi connectivity index (χ1v) is 10.6. The Morgan fingerprint density at radius 3 is 2.03 bits per heavy atom. The van der Waals surface area contributed by atoms with E-state index in [1.807, 2.05) is 66.7 Å². The van der Waals surface area contributed by atoms with Crippen molar-refractivity contribution in [2.45, 2.75) is 0 Å². The summed E-state index contributed by atoms with van der Waals surface area (Å²) in [6.07, 6.45) is 0. The molecule has 152 valence electrons. The van der Waals surface area contributed by atoms with E-state index in [0.717, 1.165) is 49.4 Å². The maximum absolute atomic E-state index is 10.1. The zero-order chi connectivity index (χ0) is 21.7. The van der Waals surface area contributed by atoms with Gasteiger partial charge in [-0.05, 0) is 27.5 Å². The molecule has 0 aliphatic rings. The average molecular weight is 414 g/mol. The Balaban J connectivity index is 1.73. The summed E-state index contributed by atoms with van der Waals surface area (Å²) in [7, 11) is -1.62. The molecule has 0 unspecified atom stereocenters. The molecule has 1 aromatic heterocycles. The summed E-state index contributed by atoms with van der Waals surface area (Å²) in [6.45, 7) is 0. The summed E-state index contributed by atoms with van der Waals surface area (Å²) >= 11 is 0. The lowest BCUT2D eigenvalue weighted by Crippen LogP contribution is -2.30. The molecule has 0 fully saturated rings. The van der Waals surface area contributed by atoms with E-state index in [4.69, 9.17) is 4.42 Å². The van der Waals surface area contributed by atoms with Gasteiger partial charge >= 0.3 is 7.12 Å². The first-order chi connectivity index (χ1) is 15.7. The standard InChI is InChI=1S/C28H19BO3/c30-29(31)25-17-19-11-4-5-13-21(19)26-24-16-8-15-23(27(24)32-28(25)26)22-14-7-6-12-20(22)18-9-2-1-3-10-18/h1-17,30-31H. The van der Waals surface area contributed by atoms with Gasteiger partial charge in [-0.15, -0.1) is 0 Å². The van der Waals surface area contributed by atoms with Crippen molar-refractivity contribution in [3.8, 4) is 22.3 Å². The van der Waals surface area contributed by atoms with Crippen LogP contribution in [0.5, 0.6) is 0 Å². The molecule has 4 heteroatoms. The molecule has 0 saturated carbocycles. The van der Waals surface area contributed by atoms with E-state index >= 15 is 0 Å². The molecule has 2 N–H and O–H groups in total. The summed E-state index contributed by atoms with van der Waals surface area (Å²) in [5.74, 6) is 0. The number of fused-ring (bicyclic) bond motifs is 5. The third kappa shape index (κ3) is 2.85. The summed E-state index contributed by atoms with van der Waals surface area (Å²) in [5, 5.41) is 24.0. The van der Waals surface area contributed by atoms with Crippen molar-refractivity contribution >= 4 is 45.3 Å². The van der Waals surface area contributed by atoms with Crippen LogP contribution >= 0.6 is 0 Å². The van der Waals surface area contributed by atoms with Gasteiger partial charge in [-0.3, -0.25) is 0 Å². The number of hydrogen-bond donors (Lipinski definition) is 2. The van der Waals surface area contributed by atoms with Crippen molar-refractivity contribution in [2.24, 2.45) is 0 Å². The Kier molecular flexibility index (Phi) is 4.35. The minimum atomic E-state index is -1.62. The molecular formula is C28H19BO3. The average Bonchev–Trinajstić information content (AvgIpc) is 3.24. The minimum Gasteiger partial charge on any atom is -0.456 e. The Hall–Kier alpha value is -3.86. The van der Waals surface area contributed by atoms with Crippen molar-refractivity contribution in [2.75, 3.05) is 0 Å². The first-order valence-electron chi connectivity index (χ1n) is 10.6. The molecule has 0 atom stereocenters. The first kappa shape index (κ1) is 18.9. The maximum Gasteiger partial charge on any atom is 0.492 e. The Labute approximate surface area is 185 Å². The van der Waals surface area contributed by atoms with Crippen LogP contribution in [0.25, 0.3) is 55.0 Å². The molecule has 0 radical (unpaired) electrons. The quantitative estimate of drug-likeness (QED) is 0.363. The molecule has 1 heterocycles. The lowest BCUT2D eigenvalue weighted by atomic mass is 9.78. The van der Waals surface area contributed by atoms with Crippen molar-refractivity contribution in [3.05, 3.63) is 103 Å². The van der Waals surface area contributed by atoms with Crippen LogP contribution < -0.4 is 5.46 Å². The van der Waals surface area contributed by atoms with Crippen LogP contribution in [0.2, 0.25) is 0 Å². The third-order valence-corrected chi connectivity index (χ3v) is 6.10. The molecule has 6 rings (SSSR count). The molecule has 0 spiro atoms. The van der Waals surface area contributed by atoms with Crippen molar-refractivity contribution in [1.29, 1.82) is 0 Å². The third-order valence-electron chi connectivity index (χ3n) is 6.10. The van der Waals surface area contributed by atoms with Gasteiger partial charge in [-0.25, -0.2) is 0 Å². The summed E-state index contributed by atoms with van der Waals surface area (Å²) < 4.78 is 6.41. The fourth-order valence-corrected chi connectivity index (χ4v) is 4.66. The Morgan fingerprint density at radius 1 is 0.562 bits per heavy atom. The number of furan rings is 1. The molecule has 6 aromatic rings. The van der Waals surface area contributed by atoms with E-state index < -0.39 is 7.12 Å². The number of para-hydroxylation sites is 1. The smallest absolute Gasteiger partial charge is 0.456 e. The number of benzene rings is 5. The van der Waals surface area contributed by atoms with Gasteiger partial charge < -0.3 is 14.5 Å². The molecule has 0 aliphatic heterocycles. The molecular weight excluding hydrogens is 395 g/mol. The van der Waals surface area contributed by atoms with Crippen molar-refractivity contribution < 1.29 is 14.5 Å². The maximum atomic E-state index is 10.1. The predicted molar refractivity (Wildman–Crippen MR) is 132 cm³/mol. The van der Waals surface area contributed by atoms with E-state index in [2.05, 4.69) is 30.3 Å². The summed E-state index contributed by atoms with van der Waals surface area (Å²) in [4.78, 5) is 0. The second-order valence-electron chi connectivity index (χ2n) is 7.96. The lowest BCUT2D eigenvalue weighted by Gasteiger charge is -2.10. The van der Waals surface area contributed by atoms with E-state index in [1.165, 1.54) is 0 Å². The largest absolute Gasteiger partial charge is 0.492 e. The molecule has 0 amide bonds. The highest BCUT2D eigenvalue weighted by Gasteiger charge is 2.23. The van der Waals surface area contributed by atoms with E-state index in [0.29, 0.717) is 11.0 Å². The monoisotopic (exact) mass is 414 g/mol. The van der Waals surface area contributed by atoms with Crippen LogP contribution in [0.4, 0.5) is 0 Å². The van der Waals surface area contributed by atoms with E-state index in [1.54, 1.807) is 6.07 Å². The molecule has 0 bridgehead atoms. The second-order valence-corrected chi connectivity index (χ2v) is 7.96. The number of hydrogen-bond acceptors (Lipinski definition) is 3. The summed E-state index contributed by atoms with van der Waals surface area (Å²) in [6, 6.07) is 34.5. The van der Waals surface area contributed by atoms with Gasteiger partial charge in [-0.1, -0.05) is 103 Å². The zero-order valence-corrected chi connectivity index (χ0v) is 17.2. The van der Waals surface area contributed by atoms with Gasteiger partial charge in [0.05, 0.1) is 0 Å². The van der Waals surface area contributed by atoms with Gasteiger partial charge in [0.2, 0.25) is 0 Å². The van der Waals surface area contributed by atoms with Gasteiger partial charge in [0.25, 0.3) is 0 Å². The van der Waals surface area contributed by atoms with Crippen molar-refractivity contribution in [3.63, 3.8) is 0 Å². The highest BCUT2D eigenvalue weighted by molar-refractivity contribution is 6.62. The van der Waals surface area contributed by atoms with Crippen LogP contribution in [0.15, 0.2) is 108 Å². The van der Waals surface area contributed by atoms with Crippen LogP contribution in [0.3, 0.4) is 0 Å². The number of rotatable bonds is 3. The van der Waals surface area contributed by atoms with Gasteiger partial charge in [0.1, 0.15) is 11.2 Å². The second kappa shape index (κ2) is 7.38. The normalized spacial score (nSPS) is 11.4. The van der Waals surface area contributed by atoms with E-state index in [-0.39, 0.29) is 0 Å².